The van der Waals surface area contributed by atoms with Gasteiger partial charge in [-0.3, -0.25) is 4.79 Å². The summed E-state index contributed by atoms with van der Waals surface area (Å²) in [6, 6.07) is 3.55. The third-order valence-corrected chi connectivity index (χ3v) is 4.22. The number of ether oxygens (including phenoxy) is 2. The van der Waals surface area contributed by atoms with Crippen molar-refractivity contribution in [2.24, 2.45) is 5.92 Å². The number of benzene rings is 1. The van der Waals surface area contributed by atoms with Gasteiger partial charge in [0.2, 0.25) is 0 Å². The monoisotopic (exact) mass is 303 g/mol. The summed E-state index contributed by atoms with van der Waals surface area (Å²) in [5, 5.41) is 0.455. The van der Waals surface area contributed by atoms with Gasteiger partial charge in [0.1, 0.15) is 16.9 Å². The highest BCUT2D eigenvalue weighted by molar-refractivity contribution is 5.85. The average molecular weight is 303 g/mol. The van der Waals surface area contributed by atoms with Gasteiger partial charge in [0.05, 0.1) is 25.6 Å². The predicted octanol–water partition coefficient (Wildman–Crippen LogP) is 1.65. The van der Waals surface area contributed by atoms with Gasteiger partial charge in [-0.25, -0.2) is 4.98 Å². The first-order valence-electron chi connectivity index (χ1n) is 7.54. The Labute approximate surface area is 129 Å². The van der Waals surface area contributed by atoms with Crippen LogP contribution < -0.4 is 15.0 Å². The molecule has 0 amide bonds. The van der Waals surface area contributed by atoms with E-state index in [0.29, 0.717) is 34.9 Å². The lowest BCUT2D eigenvalue weighted by Crippen LogP contribution is -2.32. The van der Waals surface area contributed by atoms with Crippen molar-refractivity contribution in [3.63, 3.8) is 0 Å². The van der Waals surface area contributed by atoms with Crippen LogP contribution in [-0.2, 0) is 0 Å². The number of nitrogens with zero attached hydrogens (tertiary/aromatic N) is 2. The highest BCUT2D eigenvalue weighted by Crippen LogP contribution is 2.28. The van der Waals surface area contributed by atoms with E-state index in [9.17, 15) is 4.79 Å². The summed E-state index contributed by atoms with van der Waals surface area (Å²) in [7, 11) is 3.69. The minimum absolute atomic E-state index is 0.205. The molecule has 1 saturated heterocycles. The molecule has 3 rings (SSSR count). The van der Waals surface area contributed by atoms with E-state index >= 15 is 0 Å². The number of rotatable bonds is 4. The maximum atomic E-state index is 11.9. The van der Waals surface area contributed by atoms with Crippen LogP contribution in [-0.4, -0.2) is 48.7 Å². The lowest BCUT2D eigenvalue weighted by atomic mass is 9.98. The average Bonchev–Trinajstić information content (AvgIpc) is 2.53. The summed E-state index contributed by atoms with van der Waals surface area (Å²) in [6.07, 6.45) is 3.70. The molecule has 6 nitrogen and oxygen atoms in total. The number of hydrogen-bond donors (Lipinski definition) is 1. The number of methoxy groups -OCH3 is 1. The first kappa shape index (κ1) is 14.8. The van der Waals surface area contributed by atoms with E-state index in [-0.39, 0.29) is 5.56 Å². The van der Waals surface area contributed by atoms with E-state index in [1.165, 1.54) is 6.33 Å². The first-order chi connectivity index (χ1) is 10.7. The zero-order valence-electron chi connectivity index (χ0n) is 13.0. The van der Waals surface area contributed by atoms with Gasteiger partial charge in [-0.1, -0.05) is 0 Å². The van der Waals surface area contributed by atoms with Crippen LogP contribution in [0.15, 0.2) is 23.3 Å². The van der Waals surface area contributed by atoms with Crippen molar-refractivity contribution in [1.29, 1.82) is 0 Å². The maximum absolute atomic E-state index is 11.9. The molecular formula is C16H21N3O3. The van der Waals surface area contributed by atoms with E-state index in [0.717, 1.165) is 25.9 Å². The summed E-state index contributed by atoms with van der Waals surface area (Å²) in [5.41, 5.74) is 0.380. The summed E-state index contributed by atoms with van der Waals surface area (Å²) >= 11 is 0. The third kappa shape index (κ3) is 3.06. The molecule has 118 valence electrons. The van der Waals surface area contributed by atoms with E-state index in [2.05, 4.69) is 21.9 Å². The number of aromatic amines is 1. The number of likely N-dealkylation sites (tertiary alicyclic amines) is 1. The van der Waals surface area contributed by atoms with Crippen molar-refractivity contribution in [3.8, 4) is 11.5 Å². The molecule has 1 aromatic carbocycles. The van der Waals surface area contributed by atoms with Crippen molar-refractivity contribution in [3.05, 3.63) is 28.8 Å². The molecule has 6 heteroatoms. The fourth-order valence-corrected chi connectivity index (χ4v) is 2.83. The van der Waals surface area contributed by atoms with Gasteiger partial charge in [0, 0.05) is 12.1 Å². The molecule has 0 spiro atoms. The Bertz CT molecular complexity index is 705. The Morgan fingerprint density at radius 3 is 2.86 bits per heavy atom. The number of aromatic nitrogens is 2. The number of nitrogens with one attached hydrogen (secondary N) is 1. The number of piperidine rings is 1. The Balaban J connectivity index is 1.78. The van der Waals surface area contributed by atoms with Crippen LogP contribution in [0, 0.1) is 5.92 Å². The molecule has 0 atom stereocenters. The van der Waals surface area contributed by atoms with E-state index in [1.54, 1.807) is 19.2 Å². The van der Waals surface area contributed by atoms with Crippen LogP contribution in [0.1, 0.15) is 12.8 Å². The summed E-state index contributed by atoms with van der Waals surface area (Å²) in [4.78, 5) is 21.0. The van der Waals surface area contributed by atoms with Crippen LogP contribution >= 0.6 is 0 Å². The molecule has 1 fully saturated rings. The van der Waals surface area contributed by atoms with Crippen molar-refractivity contribution >= 4 is 10.9 Å². The van der Waals surface area contributed by atoms with Gasteiger partial charge in [-0.05, 0) is 38.9 Å². The van der Waals surface area contributed by atoms with Crippen LogP contribution in [0.5, 0.6) is 11.5 Å². The Kier molecular flexibility index (Phi) is 4.29. The number of hydrogen-bond acceptors (Lipinski definition) is 5. The number of fused-ring (bicyclic) bond motifs is 1. The van der Waals surface area contributed by atoms with Gasteiger partial charge >= 0.3 is 0 Å². The molecule has 0 bridgehead atoms. The van der Waals surface area contributed by atoms with Crippen LogP contribution in [0.25, 0.3) is 10.9 Å². The molecule has 1 aliphatic rings. The highest BCUT2D eigenvalue weighted by atomic mass is 16.5. The Morgan fingerprint density at radius 1 is 1.36 bits per heavy atom. The van der Waals surface area contributed by atoms with Crippen molar-refractivity contribution in [1.82, 2.24) is 14.9 Å². The number of H-pyrrole nitrogens is 1. The second-order valence-corrected chi connectivity index (χ2v) is 5.81. The zero-order valence-corrected chi connectivity index (χ0v) is 13.0. The summed E-state index contributed by atoms with van der Waals surface area (Å²) in [5.74, 6) is 1.76. The van der Waals surface area contributed by atoms with E-state index in [4.69, 9.17) is 9.47 Å². The van der Waals surface area contributed by atoms with Crippen molar-refractivity contribution in [2.75, 3.05) is 33.9 Å². The molecule has 2 heterocycles. The molecule has 0 radical (unpaired) electrons. The molecule has 0 unspecified atom stereocenters. The normalized spacial score (nSPS) is 16.8. The van der Waals surface area contributed by atoms with E-state index < -0.39 is 0 Å². The SMILES string of the molecule is COc1cc(OCC2CCN(C)CC2)cc2nc[nH]c(=O)c12. The van der Waals surface area contributed by atoms with Gasteiger partial charge < -0.3 is 19.4 Å². The van der Waals surface area contributed by atoms with Gasteiger partial charge in [-0.15, -0.1) is 0 Å². The van der Waals surface area contributed by atoms with E-state index in [1.807, 2.05) is 0 Å². The van der Waals surface area contributed by atoms with Crippen LogP contribution in [0.3, 0.4) is 0 Å². The van der Waals surface area contributed by atoms with Gasteiger partial charge in [-0.2, -0.15) is 0 Å². The Hall–Kier alpha value is -2.08. The molecule has 1 N–H and O–H groups in total. The molecule has 0 aliphatic carbocycles. The minimum atomic E-state index is -0.205. The molecule has 1 aromatic heterocycles. The second-order valence-electron chi connectivity index (χ2n) is 5.81. The van der Waals surface area contributed by atoms with Crippen molar-refractivity contribution < 1.29 is 9.47 Å². The topological polar surface area (TPSA) is 67.5 Å². The molecular weight excluding hydrogens is 282 g/mol. The predicted molar refractivity (Wildman–Crippen MR) is 84.6 cm³/mol. The van der Waals surface area contributed by atoms with Gasteiger partial charge in [0.15, 0.2) is 0 Å². The fourth-order valence-electron chi connectivity index (χ4n) is 2.83. The fraction of sp³-hybridized carbons (Fsp3) is 0.500. The largest absolute Gasteiger partial charge is 0.496 e. The summed E-state index contributed by atoms with van der Waals surface area (Å²) in [6.45, 7) is 2.92. The smallest absolute Gasteiger partial charge is 0.262 e. The molecule has 2 aromatic rings. The van der Waals surface area contributed by atoms with Gasteiger partial charge in [0.25, 0.3) is 5.56 Å². The molecule has 0 saturated carbocycles. The maximum Gasteiger partial charge on any atom is 0.262 e. The van der Waals surface area contributed by atoms with Crippen LogP contribution in [0.2, 0.25) is 0 Å². The molecule has 22 heavy (non-hydrogen) atoms. The lowest BCUT2D eigenvalue weighted by Gasteiger charge is -2.28. The quantitative estimate of drug-likeness (QED) is 0.930. The molecule has 1 aliphatic heterocycles. The highest BCUT2D eigenvalue weighted by Gasteiger charge is 2.18. The minimum Gasteiger partial charge on any atom is -0.496 e. The standard InChI is InChI=1S/C16H21N3O3/c1-19-5-3-11(4-6-19)9-22-12-7-13-15(14(8-12)21-2)16(20)18-10-17-13/h7-8,10-11H,3-6,9H2,1-2H3,(H,17,18,20). The first-order valence-corrected chi connectivity index (χ1v) is 7.54. The Morgan fingerprint density at radius 2 is 2.14 bits per heavy atom. The summed E-state index contributed by atoms with van der Waals surface area (Å²) < 4.78 is 11.2. The second kappa shape index (κ2) is 6.36. The lowest BCUT2D eigenvalue weighted by molar-refractivity contribution is 0.160. The third-order valence-electron chi connectivity index (χ3n) is 4.22. The zero-order chi connectivity index (χ0) is 15.5. The van der Waals surface area contributed by atoms with Crippen molar-refractivity contribution in [2.45, 2.75) is 12.8 Å². The van der Waals surface area contributed by atoms with Crippen LogP contribution in [0.4, 0.5) is 0 Å².